The van der Waals surface area contributed by atoms with Crippen LogP contribution < -0.4 is 5.32 Å². The van der Waals surface area contributed by atoms with Crippen molar-refractivity contribution in [3.8, 4) is 0 Å². The molecular formula is C14H22N2O6S. The van der Waals surface area contributed by atoms with Crippen molar-refractivity contribution in [3.05, 3.63) is 11.0 Å². The monoisotopic (exact) mass is 346 g/mol. The van der Waals surface area contributed by atoms with Crippen LogP contribution >= 0.6 is 11.8 Å². The van der Waals surface area contributed by atoms with Gasteiger partial charge in [0.25, 0.3) is 11.8 Å². The quantitative estimate of drug-likeness (QED) is 0.532. The number of carbonyl (C=O) groups excluding carboxylic acids is 3. The highest BCUT2D eigenvalue weighted by atomic mass is 32.2. The molecule has 8 nitrogen and oxygen atoms in total. The molecule has 0 saturated heterocycles. The van der Waals surface area contributed by atoms with Crippen LogP contribution in [0.3, 0.4) is 0 Å². The first-order chi connectivity index (χ1) is 10.5. The number of aliphatic hydroxyl groups excluding tert-OH is 1. The summed E-state index contributed by atoms with van der Waals surface area (Å²) in [5.41, 5.74) is -0.682. The molecule has 1 aliphatic rings. The van der Waals surface area contributed by atoms with Crippen LogP contribution in [-0.2, 0) is 19.1 Å². The van der Waals surface area contributed by atoms with Crippen LogP contribution in [0.25, 0.3) is 0 Å². The van der Waals surface area contributed by atoms with Gasteiger partial charge in [-0.1, -0.05) is 0 Å². The lowest BCUT2D eigenvalue weighted by Crippen LogP contribution is -2.47. The molecule has 1 aliphatic heterocycles. The predicted molar refractivity (Wildman–Crippen MR) is 84.5 cm³/mol. The molecule has 2 N–H and O–H groups in total. The van der Waals surface area contributed by atoms with Crippen molar-refractivity contribution in [3.63, 3.8) is 0 Å². The zero-order valence-corrected chi connectivity index (χ0v) is 14.6. The number of rotatable bonds is 6. The third kappa shape index (κ3) is 5.85. The van der Waals surface area contributed by atoms with Crippen molar-refractivity contribution in [2.75, 3.05) is 19.9 Å². The molecule has 130 valence electrons. The molecule has 23 heavy (non-hydrogen) atoms. The van der Waals surface area contributed by atoms with Gasteiger partial charge in [-0.2, -0.15) is 0 Å². The lowest BCUT2D eigenvalue weighted by atomic mass is 10.2. The van der Waals surface area contributed by atoms with Gasteiger partial charge in [0.1, 0.15) is 5.60 Å². The molecule has 0 aromatic rings. The van der Waals surface area contributed by atoms with Crippen molar-refractivity contribution in [2.24, 2.45) is 0 Å². The van der Waals surface area contributed by atoms with Gasteiger partial charge in [-0.25, -0.2) is 4.79 Å². The zero-order valence-electron chi connectivity index (χ0n) is 13.8. The first-order valence-corrected chi connectivity index (χ1v) is 7.90. The Labute approximate surface area is 139 Å². The molecule has 0 bridgehead atoms. The Hall–Kier alpha value is -1.58. The van der Waals surface area contributed by atoms with Crippen LogP contribution in [0.1, 0.15) is 20.8 Å². The fourth-order valence-electron chi connectivity index (χ4n) is 1.64. The average Bonchev–Trinajstić information content (AvgIpc) is 2.68. The van der Waals surface area contributed by atoms with E-state index in [4.69, 9.17) is 9.47 Å². The van der Waals surface area contributed by atoms with E-state index in [0.717, 1.165) is 16.7 Å². The van der Waals surface area contributed by atoms with E-state index in [1.807, 2.05) is 0 Å². The summed E-state index contributed by atoms with van der Waals surface area (Å²) in [6, 6.07) is -0.811. The van der Waals surface area contributed by atoms with Crippen molar-refractivity contribution in [2.45, 2.75) is 38.7 Å². The highest BCUT2D eigenvalue weighted by Gasteiger charge is 2.30. The Balaban J connectivity index is 2.66. The molecule has 0 aromatic carbocycles. The summed E-state index contributed by atoms with van der Waals surface area (Å²) in [5, 5.41) is 12.3. The van der Waals surface area contributed by atoms with Gasteiger partial charge in [-0.15, -0.1) is 11.8 Å². The number of alkyl carbamates (subject to hydrolysis) is 1. The van der Waals surface area contributed by atoms with E-state index in [2.05, 4.69) is 5.32 Å². The van der Waals surface area contributed by atoms with Gasteiger partial charge < -0.3 is 19.9 Å². The fraction of sp³-hybridized carbons (Fsp3) is 0.643. The van der Waals surface area contributed by atoms with Gasteiger partial charge in [-0.05, 0) is 20.8 Å². The van der Waals surface area contributed by atoms with Crippen LogP contribution in [0.2, 0.25) is 0 Å². The topological polar surface area (TPSA) is 105 Å². The van der Waals surface area contributed by atoms with Gasteiger partial charge in [0.15, 0.2) is 6.29 Å². The summed E-state index contributed by atoms with van der Waals surface area (Å²) in [5.74, 6) is -0.684. The van der Waals surface area contributed by atoms with Gasteiger partial charge in [0.2, 0.25) is 0 Å². The molecule has 0 saturated carbocycles. The largest absolute Gasteiger partial charge is 0.444 e. The van der Waals surface area contributed by atoms with E-state index >= 15 is 0 Å². The molecule has 2 atom stereocenters. The number of ether oxygens (including phenoxy) is 2. The Morgan fingerprint density at radius 2 is 2.04 bits per heavy atom. The number of amides is 3. The summed E-state index contributed by atoms with van der Waals surface area (Å²) in [7, 11) is 2.67. The second-order valence-corrected chi connectivity index (χ2v) is 6.96. The van der Waals surface area contributed by atoms with E-state index in [1.54, 1.807) is 20.8 Å². The first kappa shape index (κ1) is 19.5. The maximum Gasteiger partial charge on any atom is 0.408 e. The molecule has 1 heterocycles. The number of hydrogen-bond donors (Lipinski definition) is 2. The van der Waals surface area contributed by atoms with E-state index in [1.165, 1.54) is 20.2 Å². The van der Waals surface area contributed by atoms with Crippen LogP contribution in [-0.4, -0.2) is 65.8 Å². The zero-order chi connectivity index (χ0) is 17.8. The highest BCUT2D eigenvalue weighted by molar-refractivity contribution is 8.04. The van der Waals surface area contributed by atoms with Crippen molar-refractivity contribution >= 4 is 29.7 Å². The lowest BCUT2D eigenvalue weighted by Gasteiger charge is -2.25. The number of likely N-dealkylation sites (N-methyl/N-ethyl adjacent to an activating group) is 1. The number of thioether (sulfide) groups is 1. The van der Waals surface area contributed by atoms with Gasteiger partial charge in [0.05, 0.1) is 10.9 Å². The van der Waals surface area contributed by atoms with E-state index in [9.17, 15) is 19.5 Å². The van der Waals surface area contributed by atoms with Crippen LogP contribution in [0, 0.1) is 0 Å². The van der Waals surface area contributed by atoms with Crippen LogP contribution in [0.5, 0.6) is 0 Å². The molecule has 0 fully saturated rings. The van der Waals surface area contributed by atoms with E-state index in [0.29, 0.717) is 0 Å². The second kappa shape index (κ2) is 7.80. The van der Waals surface area contributed by atoms with Crippen LogP contribution in [0.15, 0.2) is 11.0 Å². The number of methoxy groups -OCH3 is 1. The number of imide groups is 1. The minimum atomic E-state index is -1.28. The standard InChI is InChI=1S/C14H22N2O6S/c1-14(2,3)22-13(20)15-8(12(19)21-5)7-23-9-6-10(17)16(4)11(9)18/h6,8,12,19H,7H2,1-5H3,(H,15,20)/t8-,12?/m0/s1. The number of aliphatic hydroxyl groups is 1. The Morgan fingerprint density at radius 3 is 2.48 bits per heavy atom. The average molecular weight is 346 g/mol. The smallest absolute Gasteiger partial charge is 0.408 e. The molecule has 0 aromatic heterocycles. The number of nitrogens with one attached hydrogen (secondary N) is 1. The normalized spacial score (nSPS) is 17.8. The van der Waals surface area contributed by atoms with Crippen LogP contribution in [0.4, 0.5) is 4.79 Å². The second-order valence-electron chi connectivity index (χ2n) is 5.90. The lowest BCUT2D eigenvalue weighted by molar-refractivity contribution is -0.135. The summed E-state index contributed by atoms with van der Waals surface area (Å²) in [4.78, 5) is 36.2. The summed E-state index contributed by atoms with van der Waals surface area (Å²) in [6.07, 6.45) is -0.767. The van der Waals surface area contributed by atoms with E-state index in [-0.39, 0.29) is 10.7 Å². The van der Waals surface area contributed by atoms with Gasteiger partial charge >= 0.3 is 6.09 Å². The molecule has 1 unspecified atom stereocenters. The molecule has 0 spiro atoms. The van der Waals surface area contributed by atoms with Gasteiger partial charge in [-0.3, -0.25) is 14.5 Å². The molecule has 9 heteroatoms. The van der Waals surface area contributed by atoms with Gasteiger partial charge in [0, 0.05) is 26.0 Å². The summed E-state index contributed by atoms with van der Waals surface area (Å²) in [6.45, 7) is 5.14. The number of hydrogen-bond acceptors (Lipinski definition) is 7. The van der Waals surface area contributed by atoms with Crippen molar-refractivity contribution in [1.29, 1.82) is 0 Å². The van der Waals surface area contributed by atoms with Crippen molar-refractivity contribution in [1.82, 2.24) is 10.2 Å². The molecule has 3 amide bonds. The number of nitrogens with zero attached hydrogens (tertiary/aromatic N) is 1. The Morgan fingerprint density at radius 1 is 1.43 bits per heavy atom. The number of carbonyl (C=O) groups is 3. The fourth-order valence-corrected chi connectivity index (χ4v) is 2.69. The third-order valence-corrected chi connectivity index (χ3v) is 3.94. The maximum atomic E-state index is 11.8. The first-order valence-electron chi connectivity index (χ1n) is 6.92. The maximum absolute atomic E-state index is 11.8. The molecule has 0 aliphatic carbocycles. The predicted octanol–water partition coefficient (Wildman–Crippen LogP) is 0.460. The molecular weight excluding hydrogens is 324 g/mol. The summed E-state index contributed by atoms with van der Waals surface area (Å²) >= 11 is 1.05. The third-order valence-electron chi connectivity index (χ3n) is 2.81. The highest BCUT2D eigenvalue weighted by Crippen LogP contribution is 2.24. The van der Waals surface area contributed by atoms with E-state index < -0.39 is 35.8 Å². The minimum absolute atomic E-state index is 0.132. The minimum Gasteiger partial charge on any atom is -0.444 e. The molecule has 1 rings (SSSR count). The Bertz CT molecular complexity index is 514. The van der Waals surface area contributed by atoms with Crippen molar-refractivity contribution < 1.29 is 29.0 Å². The SMILES string of the molecule is COC(O)[C@H](CSC1=CC(=O)N(C)C1=O)NC(=O)OC(C)(C)C. The Kier molecular flexibility index (Phi) is 6.60. The summed E-state index contributed by atoms with van der Waals surface area (Å²) < 4.78 is 9.94. The molecule has 0 radical (unpaired) electrons.